The molecule has 0 heterocycles. The van der Waals surface area contributed by atoms with Gasteiger partial charge in [-0.2, -0.15) is 0 Å². The van der Waals surface area contributed by atoms with Crippen molar-refractivity contribution in [2.45, 2.75) is 31.8 Å². The maximum Gasteiger partial charge on any atom is 0.350 e. The molecule has 1 aromatic rings. The zero-order chi connectivity index (χ0) is 13.0. The Hall–Kier alpha value is -1.84. The summed E-state index contributed by atoms with van der Waals surface area (Å²) in [5.41, 5.74) is -0.601. The summed E-state index contributed by atoms with van der Waals surface area (Å²) in [6, 6.07) is 8.67. The molecule has 0 atom stereocenters. The van der Waals surface area contributed by atoms with Crippen molar-refractivity contribution in [3.8, 4) is 0 Å². The minimum absolute atomic E-state index is 0.295. The molecular weight excluding hydrogens is 232 g/mol. The predicted molar refractivity (Wildman–Crippen MR) is 65.1 cm³/mol. The Kier molecular flexibility index (Phi) is 3.65. The molecule has 0 unspecified atom stereocenters. The van der Waals surface area contributed by atoms with Gasteiger partial charge in [-0.05, 0) is 38.3 Å². The van der Waals surface area contributed by atoms with E-state index in [2.05, 4.69) is 0 Å². The molecule has 0 amide bonds. The van der Waals surface area contributed by atoms with Gasteiger partial charge in [0.05, 0.1) is 12.2 Å². The third-order valence-electron chi connectivity index (χ3n) is 3.11. The monoisotopic (exact) mass is 248 g/mol. The molecule has 1 saturated carbocycles. The number of carbonyl (C=O) groups is 2. The summed E-state index contributed by atoms with van der Waals surface area (Å²) in [7, 11) is 0. The molecular formula is C14H16O4. The van der Waals surface area contributed by atoms with Crippen LogP contribution in [0.1, 0.15) is 36.5 Å². The molecule has 96 valence electrons. The van der Waals surface area contributed by atoms with E-state index in [1.165, 1.54) is 0 Å². The van der Waals surface area contributed by atoms with Gasteiger partial charge in [0, 0.05) is 0 Å². The Labute approximate surface area is 106 Å². The summed E-state index contributed by atoms with van der Waals surface area (Å²) in [5.74, 6) is -0.899. The molecule has 18 heavy (non-hydrogen) atoms. The van der Waals surface area contributed by atoms with E-state index in [9.17, 15) is 9.59 Å². The highest BCUT2D eigenvalue weighted by Gasteiger charge is 2.49. The molecule has 2 rings (SSSR count). The summed E-state index contributed by atoms with van der Waals surface area (Å²) in [4.78, 5) is 23.7. The van der Waals surface area contributed by atoms with Crippen molar-refractivity contribution in [1.29, 1.82) is 0 Å². The zero-order valence-corrected chi connectivity index (χ0v) is 10.3. The van der Waals surface area contributed by atoms with Crippen molar-refractivity contribution in [1.82, 2.24) is 0 Å². The van der Waals surface area contributed by atoms with Crippen molar-refractivity contribution >= 4 is 11.9 Å². The fraction of sp³-hybridized carbons (Fsp3) is 0.429. The zero-order valence-electron chi connectivity index (χ0n) is 10.3. The minimum atomic E-state index is -1.05. The van der Waals surface area contributed by atoms with Gasteiger partial charge in [0.2, 0.25) is 5.60 Å². The Balaban J connectivity index is 2.07. The summed E-state index contributed by atoms with van der Waals surface area (Å²) in [6.45, 7) is 2.03. The topological polar surface area (TPSA) is 52.6 Å². The molecule has 1 fully saturated rings. The van der Waals surface area contributed by atoms with Crippen LogP contribution in [0.4, 0.5) is 0 Å². The van der Waals surface area contributed by atoms with Gasteiger partial charge in [0.1, 0.15) is 0 Å². The van der Waals surface area contributed by atoms with E-state index >= 15 is 0 Å². The highest BCUT2D eigenvalue weighted by molar-refractivity contribution is 5.93. The van der Waals surface area contributed by atoms with E-state index in [1.807, 2.05) is 6.07 Å². The van der Waals surface area contributed by atoms with Crippen LogP contribution in [0.25, 0.3) is 0 Å². The summed E-state index contributed by atoms with van der Waals surface area (Å²) in [6.07, 6.45) is 1.97. The number of hydrogen-bond donors (Lipinski definition) is 0. The second kappa shape index (κ2) is 5.21. The highest BCUT2D eigenvalue weighted by Crippen LogP contribution is 2.37. The van der Waals surface area contributed by atoms with Gasteiger partial charge in [0.25, 0.3) is 0 Å². The minimum Gasteiger partial charge on any atom is -0.463 e. The first-order valence-corrected chi connectivity index (χ1v) is 6.13. The third kappa shape index (κ3) is 2.37. The normalized spacial score (nSPS) is 16.5. The van der Waals surface area contributed by atoms with Gasteiger partial charge in [-0.3, -0.25) is 0 Å². The Morgan fingerprint density at radius 2 is 1.89 bits per heavy atom. The molecule has 0 spiro atoms. The van der Waals surface area contributed by atoms with Crippen LogP contribution >= 0.6 is 0 Å². The van der Waals surface area contributed by atoms with Crippen molar-refractivity contribution in [3.63, 3.8) is 0 Å². The second-order valence-corrected chi connectivity index (χ2v) is 4.32. The van der Waals surface area contributed by atoms with E-state index < -0.39 is 17.5 Å². The quantitative estimate of drug-likeness (QED) is 0.767. The first-order chi connectivity index (χ1) is 8.68. The lowest BCUT2D eigenvalue weighted by atomic mass is 9.80. The van der Waals surface area contributed by atoms with Crippen LogP contribution in [0.3, 0.4) is 0 Å². The van der Waals surface area contributed by atoms with E-state index in [0.29, 0.717) is 25.0 Å². The standard InChI is InChI=1S/C14H16O4/c1-2-17-13(16)14(9-6-10-14)18-12(15)11-7-4-3-5-8-11/h3-5,7-8H,2,6,9-10H2,1H3. The van der Waals surface area contributed by atoms with E-state index in [0.717, 1.165) is 6.42 Å². The maximum absolute atomic E-state index is 11.9. The van der Waals surface area contributed by atoms with Gasteiger partial charge in [-0.15, -0.1) is 0 Å². The van der Waals surface area contributed by atoms with Crippen LogP contribution in [-0.4, -0.2) is 24.1 Å². The Morgan fingerprint density at radius 3 is 2.39 bits per heavy atom. The fourth-order valence-electron chi connectivity index (χ4n) is 1.92. The largest absolute Gasteiger partial charge is 0.463 e. The summed E-state index contributed by atoms with van der Waals surface area (Å²) in [5, 5.41) is 0. The third-order valence-corrected chi connectivity index (χ3v) is 3.11. The van der Waals surface area contributed by atoms with Crippen molar-refractivity contribution < 1.29 is 19.1 Å². The van der Waals surface area contributed by atoms with Gasteiger partial charge < -0.3 is 9.47 Å². The average Bonchev–Trinajstić information content (AvgIpc) is 2.35. The number of ether oxygens (including phenoxy) is 2. The molecule has 1 aromatic carbocycles. The van der Waals surface area contributed by atoms with Crippen molar-refractivity contribution in [2.24, 2.45) is 0 Å². The molecule has 1 aliphatic rings. The van der Waals surface area contributed by atoms with Crippen LogP contribution in [-0.2, 0) is 14.3 Å². The Bertz CT molecular complexity index is 434. The lowest BCUT2D eigenvalue weighted by Crippen LogP contribution is -2.50. The summed E-state index contributed by atoms with van der Waals surface area (Å²) >= 11 is 0. The number of hydrogen-bond acceptors (Lipinski definition) is 4. The fourth-order valence-corrected chi connectivity index (χ4v) is 1.92. The number of carbonyl (C=O) groups excluding carboxylic acids is 2. The number of benzene rings is 1. The predicted octanol–water partition coefficient (Wildman–Crippen LogP) is 2.33. The van der Waals surface area contributed by atoms with E-state index in [-0.39, 0.29) is 0 Å². The lowest BCUT2D eigenvalue weighted by molar-refractivity contribution is -0.175. The molecule has 0 aliphatic heterocycles. The SMILES string of the molecule is CCOC(=O)C1(OC(=O)c2ccccc2)CCC1. The molecule has 0 aromatic heterocycles. The van der Waals surface area contributed by atoms with Gasteiger partial charge in [0.15, 0.2) is 0 Å². The van der Waals surface area contributed by atoms with Crippen LogP contribution in [0.15, 0.2) is 30.3 Å². The first kappa shape index (κ1) is 12.6. The van der Waals surface area contributed by atoms with E-state index in [1.54, 1.807) is 31.2 Å². The average molecular weight is 248 g/mol. The van der Waals surface area contributed by atoms with Crippen molar-refractivity contribution in [3.05, 3.63) is 35.9 Å². The molecule has 4 heteroatoms. The second-order valence-electron chi connectivity index (χ2n) is 4.32. The van der Waals surface area contributed by atoms with Crippen LogP contribution in [0, 0.1) is 0 Å². The van der Waals surface area contributed by atoms with Crippen molar-refractivity contribution in [2.75, 3.05) is 6.61 Å². The van der Waals surface area contributed by atoms with Gasteiger partial charge >= 0.3 is 11.9 Å². The first-order valence-electron chi connectivity index (χ1n) is 6.13. The van der Waals surface area contributed by atoms with Gasteiger partial charge in [-0.1, -0.05) is 18.2 Å². The summed E-state index contributed by atoms with van der Waals surface area (Å²) < 4.78 is 10.3. The van der Waals surface area contributed by atoms with Crippen LogP contribution in [0.5, 0.6) is 0 Å². The number of rotatable bonds is 4. The van der Waals surface area contributed by atoms with Gasteiger partial charge in [-0.25, -0.2) is 9.59 Å². The smallest absolute Gasteiger partial charge is 0.350 e. The molecule has 0 N–H and O–H groups in total. The van der Waals surface area contributed by atoms with E-state index in [4.69, 9.17) is 9.47 Å². The van der Waals surface area contributed by atoms with Crippen LogP contribution < -0.4 is 0 Å². The van der Waals surface area contributed by atoms with Crippen LogP contribution in [0.2, 0.25) is 0 Å². The molecule has 1 aliphatic carbocycles. The highest BCUT2D eigenvalue weighted by atomic mass is 16.6. The molecule has 0 bridgehead atoms. The number of esters is 2. The maximum atomic E-state index is 11.9. The molecule has 0 radical (unpaired) electrons. The Morgan fingerprint density at radius 1 is 1.22 bits per heavy atom. The lowest BCUT2D eigenvalue weighted by Gasteiger charge is -2.38. The molecule has 4 nitrogen and oxygen atoms in total. The molecule has 0 saturated heterocycles.